The molecule has 4 N–H and O–H groups in total. The Balaban J connectivity index is 1.53. The van der Waals surface area contributed by atoms with Crippen LogP contribution in [0.2, 0.25) is 0 Å². The quantitative estimate of drug-likeness (QED) is 0.0945. The maximum atomic E-state index is 13.5. The number of nitrogens with zero attached hydrogens (tertiary/aromatic N) is 2. The predicted octanol–water partition coefficient (Wildman–Crippen LogP) is 4.66. The van der Waals surface area contributed by atoms with E-state index in [2.05, 4.69) is 4.98 Å². The van der Waals surface area contributed by atoms with E-state index < -0.39 is 29.8 Å². The van der Waals surface area contributed by atoms with Crippen molar-refractivity contribution in [1.29, 1.82) is 0 Å². The third-order valence-electron chi connectivity index (χ3n) is 8.54. The summed E-state index contributed by atoms with van der Waals surface area (Å²) in [6, 6.07) is 9.14. The van der Waals surface area contributed by atoms with Crippen molar-refractivity contribution in [3.63, 3.8) is 0 Å². The molecule has 0 bridgehead atoms. The van der Waals surface area contributed by atoms with Crippen LogP contribution in [-0.2, 0) is 14.4 Å². The van der Waals surface area contributed by atoms with Crippen LogP contribution < -0.4 is 4.74 Å². The monoisotopic (exact) mass is 718 g/mol. The molecule has 0 spiro atoms. The van der Waals surface area contributed by atoms with Crippen LogP contribution >= 0.6 is 22.6 Å². The van der Waals surface area contributed by atoms with E-state index >= 15 is 0 Å². The van der Waals surface area contributed by atoms with E-state index in [9.17, 15) is 29.7 Å². The first-order chi connectivity index (χ1) is 21.1. The third-order valence-corrected chi connectivity index (χ3v) is 9.36. The number of aliphatic hydroxyl groups excluding tert-OH is 2. The van der Waals surface area contributed by atoms with E-state index in [4.69, 9.17) is 9.84 Å². The number of phenolic OH excluding ortho intramolecular Hbond substituents is 1. The molecule has 1 aromatic heterocycles. The van der Waals surface area contributed by atoms with Crippen LogP contribution in [-0.4, -0.2) is 74.5 Å². The molecule has 1 saturated heterocycles. The molecule has 44 heavy (non-hydrogen) atoms. The molecule has 10 nitrogen and oxygen atoms in total. The number of carboxylic acid groups (broad SMARTS) is 1. The first-order valence-electron chi connectivity index (χ1n) is 14.8. The summed E-state index contributed by atoms with van der Waals surface area (Å²) in [5, 5.41) is 41.1. The summed E-state index contributed by atoms with van der Waals surface area (Å²) >= 11 is 2.04. The number of likely N-dealkylation sites (tertiary alicyclic amines) is 1. The first-order valence-corrected chi connectivity index (χ1v) is 15.9. The van der Waals surface area contributed by atoms with E-state index in [0.717, 1.165) is 22.4 Å². The summed E-state index contributed by atoms with van der Waals surface area (Å²) in [7, 11) is 1.49. The highest BCUT2D eigenvalue weighted by molar-refractivity contribution is 14.1. The topological polar surface area (TPSA) is 157 Å². The van der Waals surface area contributed by atoms with Gasteiger partial charge in [0.1, 0.15) is 0 Å². The largest absolute Gasteiger partial charge is 0.504 e. The number of aliphatic hydroxyl groups is 2. The number of carbonyl (C=O) groups excluding carboxylic acids is 2. The highest BCUT2D eigenvalue weighted by Gasteiger charge is 2.54. The zero-order valence-corrected chi connectivity index (χ0v) is 27.1. The van der Waals surface area contributed by atoms with Crippen molar-refractivity contribution in [1.82, 2.24) is 9.88 Å². The van der Waals surface area contributed by atoms with Gasteiger partial charge in [-0.1, -0.05) is 18.1 Å². The van der Waals surface area contributed by atoms with Crippen molar-refractivity contribution >= 4 is 52.0 Å². The number of aliphatic carboxylic acids is 1. The van der Waals surface area contributed by atoms with Gasteiger partial charge in [0.05, 0.1) is 40.9 Å². The highest BCUT2D eigenvalue weighted by atomic mass is 127. The smallest absolute Gasteiger partial charge is 0.303 e. The summed E-state index contributed by atoms with van der Waals surface area (Å²) in [6.45, 7) is 1.70. The number of aromatic hydroxyl groups is 1. The molecule has 2 amide bonds. The number of phenols is 1. The second kappa shape index (κ2) is 15.1. The van der Waals surface area contributed by atoms with Gasteiger partial charge in [-0.15, -0.1) is 0 Å². The van der Waals surface area contributed by atoms with Crippen molar-refractivity contribution in [2.45, 2.75) is 58.0 Å². The van der Waals surface area contributed by atoms with Gasteiger partial charge in [0.25, 0.3) is 0 Å². The number of pyridine rings is 1. The molecule has 2 heterocycles. The Bertz CT molecular complexity index is 1440. The Kier molecular flexibility index (Phi) is 11.6. The average molecular weight is 719 g/mol. The lowest BCUT2D eigenvalue weighted by Crippen LogP contribution is -2.39. The molecule has 2 aromatic rings. The number of carboxylic acids is 1. The number of benzene rings is 1. The number of allylic oxidation sites excluding steroid dienone is 2. The fourth-order valence-electron chi connectivity index (χ4n) is 6.43. The number of unbranched alkanes of at least 4 members (excludes halogenated alkanes) is 2. The van der Waals surface area contributed by atoms with Crippen LogP contribution in [0.4, 0.5) is 0 Å². The zero-order chi connectivity index (χ0) is 32.0. The van der Waals surface area contributed by atoms with Crippen molar-refractivity contribution in [3.8, 4) is 11.5 Å². The molecule has 0 saturated carbocycles. The second-order valence-electron chi connectivity index (χ2n) is 11.4. The molecule has 1 aromatic carbocycles. The van der Waals surface area contributed by atoms with Crippen LogP contribution in [0.1, 0.15) is 63.1 Å². The number of imide groups is 1. The fraction of sp³-hybridized carbons (Fsp3) is 0.455. The molecule has 1 aliphatic heterocycles. The number of aromatic nitrogens is 1. The van der Waals surface area contributed by atoms with E-state index in [1.54, 1.807) is 12.3 Å². The minimum absolute atomic E-state index is 0.0454. The maximum absolute atomic E-state index is 13.5. The Labute approximate surface area is 270 Å². The molecule has 11 heteroatoms. The van der Waals surface area contributed by atoms with Crippen LogP contribution in [0, 0.1) is 21.3 Å². The predicted molar refractivity (Wildman–Crippen MR) is 172 cm³/mol. The molecular weight excluding hydrogens is 679 g/mol. The normalized spacial score (nSPS) is 21.1. The molecule has 4 atom stereocenters. The number of methoxy groups -OCH3 is 1. The Morgan fingerprint density at radius 1 is 1.18 bits per heavy atom. The van der Waals surface area contributed by atoms with Crippen LogP contribution in [0.25, 0.3) is 11.6 Å². The molecule has 1 fully saturated rings. The van der Waals surface area contributed by atoms with Crippen LogP contribution in [0.3, 0.4) is 0 Å². The molecule has 4 rings (SSSR count). The Morgan fingerprint density at radius 3 is 2.61 bits per heavy atom. The van der Waals surface area contributed by atoms with Gasteiger partial charge in [-0.25, -0.2) is 0 Å². The molecule has 0 radical (unpaired) electrons. The maximum Gasteiger partial charge on any atom is 0.303 e. The summed E-state index contributed by atoms with van der Waals surface area (Å²) in [5.74, 6) is -3.06. The van der Waals surface area contributed by atoms with Gasteiger partial charge >= 0.3 is 5.97 Å². The number of hydrogen-bond donors (Lipinski definition) is 4. The first kappa shape index (κ1) is 33.6. The molecular formula is C33H39IN2O8. The summed E-state index contributed by atoms with van der Waals surface area (Å²) in [6.07, 6.45) is 5.36. The fourth-order valence-corrected chi connectivity index (χ4v) is 7.06. The minimum Gasteiger partial charge on any atom is -0.504 e. The van der Waals surface area contributed by atoms with Crippen LogP contribution in [0.5, 0.6) is 11.5 Å². The van der Waals surface area contributed by atoms with Crippen LogP contribution in [0.15, 0.2) is 47.7 Å². The van der Waals surface area contributed by atoms with Crippen molar-refractivity contribution < 1.29 is 39.5 Å². The summed E-state index contributed by atoms with van der Waals surface area (Å²) < 4.78 is 5.95. The number of rotatable bonds is 14. The number of fused-ring (bicyclic) bond motifs is 1. The van der Waals surface area contributed by atoms with Crippen molar-refractivity contribution in [2.75, 3.05) is 20.3 Å². The number of amides is 2. The number of halogens is 1. The summed E-state index contributed by atoms with van der Waals surface area (Å²) in [4.78, 5) is 43.3. The molecule has 236 valence electrons. The van der Waals surface area contributed by atoms with Gasteiger partial charge in [0.2, 0.25) is 11.8 Å². The summed E-state index contributed by atoms with van der Waals surface area (Å²) in [5.41, 5.74) is 3.79. The SMILES string of the molecule is COc1cc(/C=C(/CC[C@@H](O)C2=C(C)C[C@H]3C(=O)N(CCCCCC(=O)O)C(=O)[C@H]3[C@H]2CO)c2ccccn2)cc(I)c1O. The van der Waals surface area contributed by atoms with Gasteiger partial charge in [-0.05, 0) is 109 Å². The number of hydrogen-bond acceptors (Lipinski definition) is 8. The van der Waals surface area contributed by atoms with Gasteiger partial charge in [0, 0.05) is 25.1 Å². The van der Waals surface area contributed by atoms with E-state index in [1.807, 2.05) is 59.9 Å². The molecule has 1 aliphatic carbocycles. The minimum atomic E-state index is -0.956. The standard InChI is InChI=1S/C33H39IN2O8/c1-19-14-22-30(33(43)36(32(22)42)13-7-3-4-9-28(39)40)23(18-37)29(19)26(38)11-10-21(25-8-5-6-12-35-25)15-20-16-24(34)31(41)27(17-20)44-2/h5-6,8,12,15-17,22-23,26,30,37-38,41H,3-4,7,9-11,13-14,18H2,1-2H3,(H,39,40)/b21-15-/t22-,23+,26-,30-/m1/s1. The average Bonchev–Trinajstić information content (AvgIpc) is 3.24. The molecule has 2 aliphatic rings. The second-order valence-corrected chi connectivity index (χ2v) is 12.5. The zero-order valence-electron chi connectivity index (χ0n) is 24.9. The van der Waals surface area contributed by atoms with E-state index in [1.165, 1.54) is 12.0 Å². The lowest BCUT2D eigenvalue weighted by Gasteiger charge is -2.35. The van der Waals surface area contributed by atoms with E-state index in [-0.39, 0.29) is 37.1 Å². The van der Waals surface area contributed by atoms with Gasteiger partial charge in [-0.2, -0.15) is 0 Å². The Morgan fingerprint density at radius 2 is 1.95 bits per heavy atom. The van der Waals surface area contributed by atoms with Crippen molar-refractivity contribution in [3.05, 3.63) is 62.5 Å². The van der Waals surface area contributed by atoms with Gasteiger partial charge in [-0.3, -0.25) is 24.3 Å². The van der Waals surface area contributed by atoms with Gasteiger partial charge in [0.15, 0.2) is 11.5 Å². The Hall–Kier alpha value is -3.29. The highest BCUT2D eigenvalue weighted by Crippen LogP contribution is 2.46. The lowest BCUT2D eigenvalue weighted by molar-refractivity contribution is -0.141. The lowest BCUT2D eigenvalue weighted by atomic mass is 9.68. The number of ether oxygens (including phenoxy) is 1. The number of carbonyl (C=O) groups is 3. The van der Waals surface area contributed by atoms with Gasteiger partial charge < -0.3 is 25.2 Å². The van der Waals surface area contributed by atoms with E-state index in [0.29, 0.717) is 53.4 Å². The third kappa shape index (κ3) is 7.49. The van der Waals surface area contributed by atoms with Crippen molar-refractivity contribution in [2.24, 2.45) is 17.8 Å². The molecule has 0 unspecified atom stereocenters.